The van der Waals surface area contributed by atoms with Gasteiger partial charge in [0.25, 0.3) is 10.0 Å². The van der Waals surface area contributed by atoms with Crippen molar-refractivity contribution in [1.29, 1.82) is 0 Å². The van der Waals surface area contributed by atoms with E-state index in [2.05, 4.69) is 34.4 Å². The van der Waals surface area contributed by atoms with Gasteiger partial charge in [0.15, 0.2) is 10.0 Å². The molecule has 7 nitrogen and oxygen atoms in total. The highest BCUT2D eigenvalue weighted by Crippen LogP contribution is 2.48. The number of alkyl halides is 6. The van der Waals surface area contributed by atoms with Crippen LogP contribution in [-0.2, 0) is 32.4 Å². The second kappa shape index (κ2) is 17.1. The molecule has 0 saturated heterocycles. The van der Waals surface area contributed by atoms with Crippen LogP contribution in [0.2, 0.25) is 0 Å². The topological polar surface area (TPSA) is 99.4 Å². The first-order valence-electron chi connectivity index (χ1n) is 18.5. The van der Waals surface area contributed by atoms with Crippen molar-refractivity contribution in [2.75, 3.05) is 19.6 Å². The van der Waals surface area contributed by atoms with E-state index in [-0.39, 0.29) is 37.9 Å². The van der Waals surface area contributed by atoms with Crippen LogP contribution in [0.15, 0.2) is 158 Å². The Kier molecular flexibility index (Phi) is 12.5. The third-order valence-electron chi connectivity index (χ3n) is 9.96. The summed E-state index contributed by atoms with van der Waals surface area (Å²) in [5.74, 6) is -1.37. The third-order valence-corrected chi connectivity index (χ3v) is 12.6. The summed E-state index contributed by atoms with van der Waals surface area (Å²) in [6, 6.07) is 29.8. The van der Waals surface area contributed by atoms with Gasteiger partial charge in [-0.3, -0.25) is 4.55 Å². The molecule has 6 aromatic carbocycles. The van der Waals surface area contributed by atoms with Crippen LogP contribution < -0.4 is 0 Å². The zero-order valence-electron chi connectivity index (χ0n) is 32.0. The van der Waals surface area contributed by atoms with Gasteiger partial charge in [-0.2, -0.15) is 43.5 Å². The van der Waals surface area contributed by atoms with Crippen LogP contribution >= 0.6 is 0 Å². The highest BCUT2D eigenvalue weighted by molar-refractivity contribution is 7.90. The Bertz CT molecular complexity index is 2780. The summed E-state index contributed by atoms with van der Waals surface area (Å²) in [5.41, 5.74) is -2.71. The Morgan fingerprint density at radius 2 is 1.03 bits per heavy atom. The van der Waals surface area contributed by atoms with Crippen molar-refractivity contribution in [3.63, 3.8) is 0 Å². The average Bonchev–Trinajstić information content (AvgIpc) is 3.20. The van der Waals surface area contributed by atoms with Crippen LogP contribution in [0.25, 0.3) is 27.1 Å². The molecule has 0 aliphatic heterocycles. The molecule has 59 heavy (non-hydrogen) atoms. The lowest BCUT2D eigenvalue weighted by Crippen LogP contribution is -2.30. The Morgan fingerprint density at radius 3 is 1.49 bits per heavy atom. The van der Waals surface area contributed by atoms with Gasteiger partial charge in [0.05, 0.1) is 38.2 Å². The van der Waals surface area contributed by atoms with Crippen molar-refractivity contribution in [2.24, 2.45) is 8.76 Å². The number of benzene rings is 6. The minimum atomic E-state index is -4.71. The monoisotopic (exact) mass is 851 g/mol. The molecule has 308 valence electrons. The number of allylic oxidation sites excluding steroid dienone is 2. The maximum Gasteiger partial charge on any atom is 0.416 e. The van der Waals surface area contributed by atoms with Crippen LogP contribution in [0.4, 0.5) is 26.3 Å². The lowest BCUT2D eigenvalue weighted by molar-refractivity contribution is -0.138. The Hall–Kier alpha value is -5.35. The van der Waals surface area contributed by atoms with E-state index < -0.39 is 49.4 Å². The number of hydrogen-bond donors (Lipinski definition) is 1. The molecule has 0 saturated carbocycles. The second-order valence-electron chi connectivity index (χ2n) is 13.6. The molecule has 0 fully saturated rings. The second-order valence-corrected chi connectivity index (χ2v) is 16.8. The van der Waals surface area contributed by atoms with E-state index >= 15 is 0 Å². The van der Waals surface area contributed by atoms with Crippen LogP contribution in [0.5, 0.6) is 0 Å². The zero-order chi connectivity index (χ0) is 42.8. The van der Waals surface area contributed by atoms with Crippen molar-refractivity contribution < 1.29 is 43.5 Å². The fourth-order valence-corrected chi connectivity index (χ4v) is 8.84. The number of halogens is 6. The molecule has 1 N–H and O–H groups in total. The molecule has 15 heteroatoms. The predicted molar refractivity (Wildman–Crippen MR) is 220 cm³/mol. The lowest BCUT2D eigenvalue weighted by Gasteiger charge is -2.34. The van der Waals surface area contributed by atoms with E-state index in [0.717, 1.165) is 59.3 Å². The largest absolute Gasteiger partial charge is 0.416 e. The fraction of sp³-hybridized carbons (Fsp3) is 0.205. The number of fused-ring (bicyclic) bond motifs is 2. The maximum absolute atomic E-state index is 14.0. The van der Waals surface area contributed by atoms with Gasteiger partial charge < -0.3 is 4.90 Å². The van der Waals surface area contributed by atoms with E-state index in [9.17, 15) is 43.5 Å². The Labute approximate surface area is 338 Å². The highest BCUT2D eigenvalue weighted by Gasteiger charge is 2.43. The summed E-state index contributed by atoms with van der Waals surface area (Å²) >= 11 is 0. The number of rotatable bonds is 9. The minimum Gasteiger partial charge on any atom is -0.304 e. The van der Waals surface area contributed by atoms with Gasteiger partial charge in [0.1, 0.15) is 0 Å². The summed E-state index contributed by atoms with van der Waals surface area (Å²) in [4.78, 5) is 2.01. The van der Waals surface area contributed by atoms with Gasteiger partial charge in [-0.15, -0.1) is 0 Å². The standard InChI is InChI=1S/C38H24F6N2O4S2.C6H15N/c39-37(40,41)29-15-9-25(10-16-29)33-35(45-51(47,48)31-19-13-23-5-1-3-7-27(23)21-31)34(26-11-17-30(18-12-26)38(42,43)44)36(33)46-52(49,50)32-20-14-24-6-2-4-8-28(24)22-32;1-4-7(5-2)6-3/h1-22,33H,(H,45,47,48);4-6H2,1-3H3/b46-36+;. The summed E-state index contributed by atoms with van der Waals surface area (Å²) < 4.78 is 143. The molecular weight excluding hydrogens is 813 g/mol. The van der Waals surface area contributed by atoms with Gasteiger partial charge in [-0.25, -0.2) is 4.21 Å². The van der Waals surface area contributed by atoms with E-state index in [1.807, 2.05) is 0 Å². The van der Waals surface area contributed by atoms with Crippen molar-refractivity contribution in [1.82, 2.24) is 4.90 Å². The minimum absolute atomic E-state index is 0.0175. The first kappa shape index (κ1) is 43.2. The van der Waals surface area contributed by atoms with Gasteiger partial charge in [-0.05, 0) is 101 Å². The summed E-state index contributed by atoms with van der Waals surface area (Å²) in [7, 11) is -8.93. The van der Waals surface area contributed by atoms with Crippen LogP contribution in [0.3, 0.4) is 0 Å². The van der Waals surface area contributed by atoms with Gasteiger partial charge in [0.2, 0.25) is 0 Å². The molecule has 0 spiro atoms. The van der Waals surface area contributed by atoms with Crippen LogP contribution in [-0.4, -0.2) is 47.4 Å². The van der Waals surface area contributed by atoms with Crippen molar-refractivity contribution in [3.05, 3.63) is 161 Å². The lowest BCUT2D eigenvalue weighted by atomic mass is 9.73. The zero-order valence-corrected chi connectivity index (χ0v) is 33.6. The molecule has 0 radical (unpaired) electrons. The molecule has 2 atom stereocenters. The van der Waals surface area contributed by atoms with E-state index in [4.69, 9.17) is 0 Å². The van der Waals surface area contributed by atoms with Gasteiger partial charge >= 0.3 is 12.4 Å². The Morgan fingerprint density at radius 1 is 0.593 bits per heavy atom. The SMILES string of the molecule is CCN(CC)CC.O=S(=O)(/N=C1/C(c2ccc(C(F)(F)F)cc2)=C(N=S(=O)(O)c2ccc3ccccc3c2)C1c1ccc(C(F)(F)F)cc1)c1ccc2ccccc2c1. The fourth-order valence-electron chi connectivity index (χ4n) is 6.67. The summed E-state index contributed by atoms with van der Waals surface area (Å²) in [5, 5.41) is 2.66. The quantitative estimate of drug-likeness (QED) is 0.146. The van der Waals surface area contributed by atoms with E-state index in [0.29, 0.717) is 10.8 Å². The number of nitrogens with zero attached hydrogens (tertiary/aromatic N) is 3. The summed E-state index contributed by atoms with van der Waals surface area (Å²) in [6.07, 6.45) is -9.42. The molecule has 0 heterocycles. The first-order valence-corrected chi connectivity index (χ1v) is 21.4. The third kappa shape index (κ3) is 9.59. The predicted octanol–water partition coefficient (Wildman–Crippen LogP) is 11.7. The molecule has 6 aromatic rings. The normalized spacial score (nSPS) is 16.5. The van der Waals surface area contributed by atoms with E-state index in [1.165, 1.54) is 43.9 Å². The molecule has 7 rings (SSSR count). The first-order chi connectivity index (χ1) is 27.9. The number of sulfonamides is 1. The maximum atomic E-state index is 14.0. The molecule has 1 aliphatic carbocycles. The van der Waals surface area contributed by atoms with Crippen molar-refractivity contribution in [2.45, 2.75) is 48.8 Å². The molecule has 0 bridgehead atoms. The molecular formula is C44H39F6N3O4S2. The highest BCUT2D eigenvalue weighted by atomic mass is 32.2. The molecule has 1 aliphatic rings. The smallest absolute Gasteiger partial charge is 0.304 e. The number of hydrogen-bond acceptors (Lipinski definition) is 5. The van der Waals surface area contributed by atoms with Crippen LogP contribution in [0, 0.1) is 0 Å². The van der Waals surface area contributed by atoms with E-state index in [1.54, 1.807) is 60.7 Å². The summed E-state index contributed by atoms with van der Waals surface area (Å²) in [6.45, 7) is 10.1. The van der Waals surface area contributed by atoms with Gasteiger partial charge in [-0.1, -0.05) is 106 Å². The molecule has 0 aromatic heterocycles. The molecule has 0 amide bonds. The Balaban J connectivity index is 0.000000768. The van der Waals surface area contributed by atoms with Crippen LogP contribution in [0.1, 0.15) is 48.9 Å². The van der Waals surface area contributed by atoms with Crippen molar-refractivity contribution in [3.8, 4) is 0 Å². The van der Waals surface area contributed by atoms with Gasteiger partial charge in [0, 0.05) is 5.57 Å². The average molecular weight is 852 g/mol. The molecule has 2 unspecified atom stereocenters. The van der Waals surface area contributed by atoms with Crippen molar-refractivity contribution >= 4 is 52.9 Å².